The highest BCUT2D eigenvalue weighted by Gasteiger charge is 2.13. The predicted octanol–water partition coefficient (Wildman–Crippen LogP) is 4.57. The number of hydrogen-bond donors (Lipinski definition) is 0. The number of thiophene rings is 1. The molecule has 0 saturated carbocycles. The highest BCUT2D eigenvalue weighted by molar-refractivity contribution is 7.33. The number of rotatable bonds is 2. The van der Waals surface area contributed by atoms with Crippen LogP contribution in [0.5, 0.6) is 0 Å². The maximum Gasteiger partial charge on any atom is 0.288 e. The van der Waals surface area contributed by atoms with Gasteiger partial charge in [0.1, 0.15) is 0 Å². The van der Waals surface area contributed by atoms with E-state index in [1.165, 1.54) is 27.6 Å². The molecule has 0 unspecified atom stereocenters. The molecular formula is C13H8OS3. The first-order valence-electron chi connectivity index (χ1n) is 5.08. The van der Waals surface area contributed by atoms with E-state index in [0.29, 0.717) is 0 Å². The van der Waals surface area contributed by atoms with Gasteiger partial charge in [0.15, 0.2) is 0 Å². The second-order valence-corrected chi connectivity index (χ2v) is 6.63. The first-order chi connectivity index (χ1) is 8.34. The lowest BCUT2D eigenvalue weighted by molar-refractivity contribution is 1.70. The van der Waals surface area contributed by atoms with Crippen LogP contribution >= 0.6 is 34.0 Å². The molecule has 2 heterocycles. The minimum Gasteiger partial charge on any atom is -0.265 e. The van der Waals surface area contributed by atoms with Crippen molar-refractivity contribution >= 4 is 34.0 Å². The normalized spacial score (nSPS) is 10.6. The number of benzene rings is 1. The van der Waals surface area contributed by atoms with Crippen molar-refractivity contribution in [3.05, 3.63) is 56.7 Å². The van der Waals surface area contributed by atoms with Crippen LogP contribution in [0, 0.1) is 0 Å². The summed E-state index contributed by atoms with van der Waals surface area (Å²) < 4.78 is 0.159. The second-order valence-electron chi connectivity index (χ2n) is 3.46. The van der Waals surface area contributed by atoms with Gasteiger partial charge in [-0.05, 0) is 17.0 Å². The first-order valence-corrected chi connectivity index (χ1v) is 7.59. The average molecular weight is 276 g/mol. The summed E-state index contributed by atoms with van der Waals surface area (Å²) in [5, 5.41) is 2.04. The van der Waals surface area contributed by atoms with Crippen molar-refractivity contribution in [3.63, 3.8) is 0 Å². The van der Waals surface area contributed by atoms with Crippen LogP contribution in [0.15, 0.2) is 52.6 Å². The molecule has 0 aliphatic heterocycles. The van der Waals surface area contributed by atoms with Crippen LogP contribution in [0.4, 0.5) is 0 Å². The van der Waals surface area contributed by atoms with Crippen LogP contribution < -0.4 is 4.06 Å². The van der Waals surface area contributed by atoms with E-state index in [1.807, 2.05) is 29.6 Å². The first kappa shape index (κ1) is 10.9. The summed E-state index contributed by atoms with van der Waals surface area (Å²) in [7, 11) is 0. The largest absolute Gasteiger partial charge is 0.288 e. The Morgan fingerprint density at radius 3 is 2.29 bits per heavy atom. The zero-order chi connectivity index (χ0) is 11.7. The van der Waals surface area contributed by atoms with Crippen molar-refractivity contribution in [1.29, 1.82) is 0 Å². The molecule has 0 aliphatic rings. The Hall–Kier alpha value is -1.23. The highest BCUT2D eigenvalue weighted by atomic mass is 32.2. The Morgan fingerprint density at radius 2 is 1.59 bits per heavy atom. The average Bonchev–Trinajstić information content (AvgIpc) is 2.98. The van der Waals surface area contributed by atoms with Gasteiger partial charge in [-0.15, -0.1) is 11.3 Å². The van der Waals surface area contributed by atoms with Crippen LogP contribution in [0.3, 0.4) is 0 Å². The summed E-state index contributed by atoms with van der Waals surface area (Å²) in [4.78, 5) is 15.0. The van der Waals surface area contributed by atoms with Crippen molar-refractivity contribution in [1.82, 2.24) is 0 Å². The fourth-order valence-electron chi connectivity index (χ4n) is 1.63. The topological polar surface area (TPSA) is 17.1 Å². The summed E-state index contributed by atoms with van der Waals surface area (Å²) in [6.07, 6.45) is 0. The van der Waals surface area contributed by atoms with Gasteiger partial charge in [0, 0.05) is 4.88 Å². The van der Waals surface area contributed by atoms with E-state index in [1.54, 1.807) is 11.3 Å². The van der Waals surface area contributed by atoms with Crippen LogP contribution in [0.25, 0.3) is 20.2 Å². The molecule has 3 rings (SSSR count). The monoisotopic (exact) mass is 276 g/mol. The van der Waals surface area contributed by atoms with Crippen LogP contribution in [-0.2, 0) is 0 Å². The minimum absolute atomic E-state index is 0.159. The highest BCUT2D eigenvalue weighted by Crippen LogP contribution is 2.39. The van der Waals surface area contributed by atoms with Crippen LogP contribution in [0.2, 0.25) is 0 Å². The Kier molecular flexibility index (Phi) is 2.93. The molecule has 0 atom stereocenters. The summed E-state index contributed by atoms with van der Waals surface area (Å²) in [5.41, 5.74) is 1.12. The number of hydrogen-bond acceptors (Lipinski definition) is 4. The van der Waals surface area contributed by atoms with E-state index < -0.39 is 0 Å². The lowest BCUT2D eigenvalue weighted by Crippen LogP contribution is -1.75. The standard InChI is InChI=1S/C13H8OS3/c14-13-16-11(9-5-2-1-3-6-9)12(17-13)10-7-4-8-15-10/h1-8H. The van der Waals surface area contributed by atoms with Crippen molar-refractivity contribution in [3.8, 4) is 20.2 Å². The maximum atomic E-state index is 11.6. The fraction of sp³-hybridized carbons (Fsp3) is 0. The summed E-state index contributed by atoms with van der Waals surface area (Å²) in [6, 6.07) is 14.2. The molecule has 4 heteroatoms. The van der Waals surface area contributed by atoms with E-state index in [4.69, 9.17) is 0 Å². The molecule has 84 valence electrons. The summed E-state index contributed by atoms with van der Waals surface area (Å²) in [6.45, 7) is 0. The Morgan fingerprint density at radius 1 is 0.824 bits per heavy atom. The zero-order valence-corrected chi connectivity index (χ0v) is 11.2. The van der Waals surface area contributed by atoms with Crippen molar-refractivity contribution < 1.29 is 0 Å². The van der Waals surface area contributed by atoms with Gasteiger partial charge in [0.25, 0.3) is 4.06 Å². The minimum atomic E-state index is 0.159. The van der Waals surface area contributed by atoms with Gasteiger partial charge in [0.2, 0.25) is 0 Å². The third-order valence-electron chi connectivity index (χ3n) is 2.36. The zero-order valence-electron chi connectivity index (χ0n) is 8.75. The maximum absolute atomic E-state index is 11.6. The third-order valence-corrected chi connectivity index (χ3v) is 5.61. The fourth-order valence-corrected chi connectivity index (χ4v) is 4.72. The Bertz CT molecular complexity index is 662. The van der Waals surface area contributed by atoms with E-state index in [2.05, 4.69) is 18.2 Å². The molecule has 1 nitrogen and oxygen atoms in total. The van der Waals surface area contributed by atoms with Gasteiger partial charge in [0.05, 0.1) is 9.75 Å². The van der Waals surface area contributed by atoms with Crippen LogP contribution in [0.1, 0.15) is 0 Å². The molecule has 0 bridgehead atoms. The van der Waals surface area contributed by atoms with Gasteiger partial charge in [-0.25, -0.2) is 0 Å². The molecular weight excluding hydrogens is 268 g/mol. The molecule has 0 amide bonds. The molecule has 1 aromatic carbocycles. The van der Waals surface area contributed by atoms with E-state index in [-0.39, 0.29) is 4.06 Å². The van der Waals surface area contributed by atoms with E-state index in [9.17, 15) is 4.79 Å². The molecule has 2 aromatic heterocycles. The molecule has 0 aliphatic carbocycles. The van der Waals surface area contributed by atoms with Gasteiger partial charge in [-0.2, -0.15) is 0 Å². The lowest BCUT2D eigenvalue weighted by atomic mass is 10.2. The van der Waals surface area contributed by atoms with Crippen molar-refractivity contribution in [2.24, 2.45) is 0 Å². The van der Waals surface area contributed by atoms with E-state index in [0.717, 1.165) is 15.3 Å². The molecule has 0 fully saturated rings. The smallest absolute Gasteiger partial charge is 0.265 e. The van der Waals surface area contributed by atoms with Crippen molar-refractivity contribution in [2.75, 3.05) is 0 Å². The predicted molar refractivity (Wildman–Crippen MR) is 77.2 cm³/mol. The van der Waals surface area contributed by atoms with E-state index >= 15 is 0 Å². The molecule has 0 radical (unpaired) electrons. The Labute approximate surface area is 111 Å². The Balaban J connectivity index is 2.22. The summed E-state index contributed by atoms with van der Waals surface area (Å²) >= 11 is 4.35. The quantitative estimate of drug-likeness (QED) is 0.670. The lowest BCUT2D eigenvalue weighted by Gasteiger charge is -1.99. The van der Waals surface area contributed by atoms with Gasteiger partial charge < -0.3 is 0 Å². The van der Waals surface area contributed by atoms with Gasteiger partial charge in [-0.3, -0.25) is 4.79 Å². The van der Waals surface area contributed by atoms with Crippen LogP contribution in [-0.4, -0.2) is 0 Å². The third kappa shape index (κ3) is 2.11. The molecule has 17 heavy (non-hydrogen) atoms. The molecule has 3 aromatic rings. The van der Waals surface area contributed by atoms with Crippen molar-refractivity contribution in [2.45, 2.75) is 0 Å². The molecule has 0 saturated heterocycles. The van der Waals surface area contributed by atoms with Gasteiger partial charge in [-0.1, -0.05) is 59.1 Å². The molecule has 0 spiro atoms. The summed E-state index contributed by atoms with van der Waals surface area (Å²) in [5.74, 6) is 0. The molecule has 0 N–H and O–H groups in total. The second kappa shape index (κ2) is 4.56. The van der Waals surface area contributed by atoms with Gasteiger partial charge >= 0.3 is 0 Å². The SMILES string of the molecule is O=c1sc(-c2ccccc2)c(-c2cccs2)s1.